The van der Waals surface area contributed by atoms with Crippen LogP contribution in [-0.2, 0) is 6.54 Å². The Morgan fingerprint density at radius 2 is 2.29 bits per heavy atom. The average Bonchev–Trinajstić information content (AvgIpc) is 2.81. The lowest BCUT2D eigenvalue weighted by molar-refractivity contribution is 0.211. The molecule has 0 saturated carbocycles. The summed E-state index contributed by atoms with van der Waals surface area (Å²) in [5, 5.41) is 4.02. The standard InChI is InChI=1S/C11H12Cl2N2OS/c12-9-2-1-8(10(13)5-9)6-14-11(16)15-3-4-17-7-15/h1-2,5H,3-4,6-7H2,(H,14,16). The number of amides is 2. The first-order valence-electron chi connectivity index (χ1n) is 5.21. The predicted molar refractivity (Wildman–Crippen MR) is 72.7 cm³/mol. The maximum absolute atomic E-state index is 11.7. The molecule has 92 valence electrons. The number of urea groups is 1. The van der Waals surface area contributed by atoms with Gasteiger partial charge in [0.05, 0.1) is 5.88 Å². The number of hydrogen-bond acceptors (Lipinski definition) is 2. The summed E-state index contributed by atoms with van der Waals surface area (Å²) in [6.45, 7) is 1.24. The van der Waals surface area contributed by atoms with E-state index in [0.29, 0.717) is 16.6 Å². The van der Waals surface area contributed by atoms with Gasteiger partial charge in [-0.05, 0) is 17.7 Å². The molecule has 3 nitrogen and oxygen atoms in total. The van der Waals surface area contributed by atoms with Crippen LogP contribution in [0.3, 0.4) is 0 Å². The van der Waals surface area contributed by atoms with Crippen molar-refractivity contribution in [1.82, 2.24) is 10.2 Å². The van der Waals surface area contributed by atoms with Crippen molar-refractivity contribution in [3.63, 3.8) is 0 Å². The molecule has 1 aliphatic heterocycles. The lowest BCUT2D eigenvalue weighted by Crippen LogP contribution is -2.37. The van der Waals surface area contributed by atoms with Crippen molar-refractivity contribution in [3.05, 3.63) is 33.8 Å². The van der Waals surface area contributed by atoms with E-state index in [4.69, 9.17) is 23.2 Å². The van der Waals surface area contributed by atoms with Crippen LogP contribution in [0, 0.1) is 0 Å². The minimum atomic E-state index is -0.0407. The van der Waals surface area contributed by atoms with Crippen LogP contribution in [0.5, 0.6) is 0 Å². The van der Waals surface area contributed by atoms with Gasteiger partial charge < -0.3 is 10.2 Å². The Bertz CT molecular complexity index is 422. The first-order chi connectivity index (χ1) is 8.16. The molecule has 2 amide bonds. The van der Waals surface area contributed by atoms with Crippen molar-refractivity contribution >= 4 is 41.0 Å². The first kappa shape index (κ1) is 12.9. The van der Waals surface area contributed by atoms with E-state index < -0.39 is 0 Å². The Morgan fingerprint density at radius 1 is 1.47 bits per heavy atom. The Hall–Kier alpha value is -0.580. The zero-order valence-corrected chi connectivity index (χ0v) is 11.4. The molecule has 0 aromatic heterocycles. The molecule has 0 unspecified atom stereocenters. The number of rotatable bonds is 2. The number of nitrogens with zero attached hydrogens (tertiary/aromatic N) is 1. The van der Waals surface area contributed by atoms with Crippen molar-refractivity contribution in [2.24, 2.45) is 0 Å². The van der Waals surface area contributed by atoms with Crippen LogP contribution >= 0.6 is 35.0 Å². The minimum absolute atomic E-state index is 0.0407. The third kappa shape index (κ3) is 3.44. The van der Waals surface area contributed by atoms with Gasteiger partial charge in [-0.25, -0.2) is 4.79 Å². The molecule has 0 radical (unpaired) electrons. The van der Waals surface area contributed by atoms with Crippen molar-refractivity contribution in [2.75, 3.05) is 18.2 Å². The smallest absolute Gasteiger partial charge is 0.318 e. The summed E-state index contributed by atoms with van der Waals surface area (Å²) in [4.78, 5) is 13.5. The van der Waals surface area contributed by atoms with E-state index in [-0.39, 0.29) is 6.03 Å². The Kier molecular flexibility index (Phi) is 4.42. The van der Waals surface area contributed by atoms with E-state index in [1.54, 1.807) is 28.8 Å². The fraction of sp³-hybridized carbons (Fsp3) is 0.364. The normalized spacial score (nSPS) is 15.1. The lowest BCUT2D eigenvalue weighted by Gasteiger charge is -2.15. The SMILES string of the molecule is O=C(NCc1ccc(Cl)cc1Cl)N1CCSC1. The molecule has 17 heavy (non-hydrogen) atoms. The molecule has 1 aliphatic rings. The molecular weight excluding hydrogens is 279 g/mol. The van der Waals surface area contributed by atoms with Gasteiger partial charge in [0.1, 0.15) is 0 Å². The average molecular weight is 291 g/mol. The maximum Gasteiger partial charge on any atom is 0.318 e. The van der Waals surface area contributed by atoms with Crippen molar-refractivity contribution in [1.29, 1.82) is 0 Å². The van der Waals surface area contributed by atoms with Gasteiger partial charge in [0.15, 0.2) is 0 Å². The summed E-state index contributed by atoms with van der Waals surface area (Å²) in [5.74, 6) is 1.77. The molecule has 2 rings (SSSR count). The highest BCUT2D eigenvalue weighted by Gasteiger charge is 2.17. The summed E-state index contributed by atoms with van der Waals surface area (Å²) in [6.07, 6.45) is 0. The number of nitrogens with one attached hydrogen (secondary N) is 1. The monoisotopic (exact) mass is 290 g/mol. The molecular formula is C11H12Cl2N2OS. The molecule has 1 heterocycles. The number of halogens is 2. The summed E-state index contributed by atoms with van der Waals surface area (Å²) in [7, 11) is 0. The number of benzene rings is 1. The minimum Gasteiger partial charge on any atom is -0.334 e. The highest BCUT2D eigenvalue weighted by Crippen LogP contribution is 2.21. The summed E-state index contributed by atoms with van der Waals surface area (Å²) >= 11 is 13.6. The number of thioether (sulfide) groups is 1. The second-order valence-corrected chi connectivity index (χ2v) is 5.61. The number of carbonyl (C=O) groups excluding carboxylic acids is 1. The van der Waals surface area contributed by atoms with E-state index in [1.165, 1.54) is 0 Å². The van der Waals surface area contributed by atoms with Gasteiger partial charge in [-0.3, -0.25) is 0 Å². The lowest BCUT2D eigenvalue weighted by atomic mass is 10.2. The first-order valence-corrected chi connectivity index (χ1v) is 7.12. The van der Waals surface area contributed by atoms with Gasteiger partial charge >= 0.3 is 6.03 Å². The van der Waals surface area contributed by atoms with Gasteiger partial charge in [-0.2, -0.15) is 0 Å². The zero-order chi connectivity index (χ0) is 12.3. The van der Waals surface area contributed by atoms with Crippen molar-refractivity contribution in [3.8, 4) is 0 Å². The van der Waals surface area contributed by atoms with Gasteiger partial charge in [-0.1, -0.05) is 29.3 Å². The van der Waals surface area contributed by atoms with E-state index >= 15 is 0 Å². The fourth-order valence-electron chi connectivity index (χ4n) is 1.52. The summed E-state index contributed by atoms with van der Waals surface area (Å²) in [6, 6.07) is 5.22. The second-order valence-electron chi connectivity index (χ2n) is 3.70. The molecule has 1 aromatic rings. The Labute approximate surface area is 114 Å². The van der Waals surface area contributed by atoms with Crippen molar-refractivity contribution < 1.29 is 4.79 Å². The Morgan fingerprint density at radius 3 is 2.94 bits per heavy atom. The van der Waals surface area contributed by atoms with Gasteiger partial charge in [0.25, 0.3) is 0 Å². The van der Waals surface area contributed by atoms with Gasteiger partial charge in [0, 0.05) is 28.9 Å². The van der Waals surface area contributed by atoms with E-state index in [2.05, 4.69) is 5.32 Å². The third-order valence-electron chi connectivity index (χ3n) is 2.49. The largest absolute Gasteiger partial charge is 0.334 e. The van der Waals surface area contributed by atoms with Crippen LogP contribution in [0.4, 0.5) is 4.79 Å². The van der Waals surface area contributed by atoms with Crippen molar-refractivity contribution in [2.45, 2.75) is 6.54 Å². The van der Waals surface area contributed by atoms with Crippen LogP contribution in [-0.4, -0.2) is 29.1 Å². The maximum atomic E-state index is 11.7. The van der Waals surface area contributed by atoms with Crippen LogP contribution in [0.25, 0.3) is 0 Å². The summed E-state index contributed by atoms with van der Waals surface area (Å²) in [5.41, 5.74) is 0.872. The molecule has 1 fully saturated rings. The molecule has 0 spiro atoms. The van der Waals surface area contributed by atoms with Gasteiger partial charge in [-0.15, -0.1) is 11.8 Å². The van der Waals surface area contributed by atoms with Gasteiger partial charge in [0.2, 0.25) is 0 Å². The molecule has 6 heteroatoms. The quantitative estimate of drug-likeness (QED) is 0.907. The molecule has 0 bridgehead atoms. The third-order valence-corrected chi connectivity index (χ3v) is 4.04. The summed E-state index contributed by atoms with van der Waals surface area (Å²) < 4.78 is 0. The topological polar surface area (TPSA) is 32.3 Å². The highest BCUT2D eigenvalue weighted by atomic mass is 35.5. The number of hydrogen-bond donors (Lipinski definition) is 1. The van der Waals surface area contributed by atoms with Crippen LogP contribution in [0.2, 0.25) is 10.0 Å². The van der Waals surface area contributed by atoms with E-state index in [9.17, 15) is 4.79 Å². The highest BCUT2D eigenvalue weighted by molar-refractivity contribution is 7.99. The predicted octanol–water partition coefficient (Wildman–Crippen LogP) is 3.21. The van der Waals surface area contributed by atoms with E-state index in [0.717, 1.165) is 23.7 Å². The van der Waals surface area contributed by atoms with E-state index in [1.807, 2.05) is 6.07 Å². The number of carbonyl (C=O) groups is 1. The van der Waals surface area contributed by atoms with Crippen LogP contribution < -0.4 is 5.32 Å². The second kappa shape index (κ2) is 5.85. The fourth-order valence-corrected chi connectivity index (χ4v) is 2.94. The molecule has 1 N–H and O–H groups in total. The molecule has 0 aliphatic carbocycles. The molecule has 1 saturated heterocycles. The zero-order valence-electron chi connectivity index (χ0n) is 9.08. The molecule has 0 atom stereocenters. The van der Waals surface area contributed by atoms with Crippen LogP contribution in [0.1, 0.15) is 5.56 Å². The van der Waals surface area contributed by atoms with Crippen LogP contribution in [0.15, 0.2) is 18.2 Å². The Balaban J connectivity index is 1.90. The molecule has 1 aromatic carbocycles.